The molecule has 208 valence electrons. The van der Waals surface area contributed by atoms with Gasteiger partial charge in [0.15, 0.2) is 0 Å². The first-order chi connectivity index (χ1) is 19.9. The Hall–Kier alpha value is -4.56. The summed E-state index contributed by atoms with van der Waals surface area (Å²) in [4.78, 5) is 39.4. The molecule has 0 spiro atoms. The van der Waals surface area contributed by atoms with Gasteiger partial charge in [-0.05, 0) is 59.9 Å². The molecule has 0 fully saturated rings. The standard InChI is InChI=1S/C33H30N2O5S/c1-21-14-16-22(17-15-21)41-30-13-7-6-12-28(30)34-32(38)29(18-19-31(36)37)35-33(39)40-20-27-25-10-4-2-8-23(25)24-9-3-5-11-26(24)27/h2-17,27,29H,18-20H2,1H3,(H,34,38)(H,35,39)(H,36,37)/t29-/m0/s1. The topological polar surface area (TPSA) is 105 Å². The maximum absolute atomic E-state index is 13.3. The number of benzene rings is 4. The van der Waals surface area contributed by atoms with Crippen LogP contribution in [0.1, 0.15) is 35.4 Å². The van der Waals surface area contributed by atoms with Gasteiger partial charge < -0.3 is 20.5 Å². The molecule has 1 atom stereocenters. The summed E-state index contributed by atoms with van der Waals surface area (Å²) in [5, 5.41) is 14.7. The van der Waals surface area contributed by atoms with Crippen molar-refractivity contribution in [2.45, 2.75) is 41.5 Å². The minimum atomic E-state index is -1.10. The van der Waals surface area contributed by atoms with E-state index in [1.54, 1.807) is 12.1 Å². The van der Waals surface area contributed by atoms with E-state index in [-0.39, 0.29) is 25.4 Å². The largest absolute Gasteiger partial charge is 0.481 e. The second-order valence-electron chi connectivity index (χ2n) is 9.86. The van der Waals surface area contributed by atoms with Gasteiger partial charge in [0.1, 0.15) is 12.6 Å². The molecular weight excluding hydrogens is 536 g/mol. The number of hydrogen-bond acceptors (Lipinski definition) is 5. The first-order valence-electron chi connectivity index (χ1n) is 13.4. The van der Waals surface area contributed by atoms with E-state index in [1.165, 1.54) is 11.8 Å². The lowest BCUT2D eigenvalue weighted by Gasteiger charge is -2.20. The highest BCUT2D eigenvalue weighted by molar-refractivity contribution is 7.99. The third-order valence-corrected chi connectivity index (χ3v) is 8.08. The van der Waals surface area contributed by atoms with Crippen LogP contribution in [0.2, 0.25) is 0 Å². The fourth-order valence-electron chi connectivity index (χ4n) is 4.93. The molecule has 1 aliphatic carbocycles. The van der Waals surface area contributed by atoms with Crippen molar-refractivity contribution < 1.29 is 24.2 Å². The normalized spacial score (nSPS) is 12.6. The van der Waals surface area contributed by atoms with Crippen molar-refractivity contribution in [3.05, 3.63) is 114 Å². The fraction of sp³-hybridized carbons (Fsp3) is 0.182. The number of carbonyl (C=O) groups excluding carboxylic acids is 2. The van der Waals surface area contributed by atoms with Crippen LogP contribution in [0.5, 0.6) is 0 Å². The van der Waals surface area contributed by atoms with Crippen LogP contribution < -0.4 is 10.6 Å². The third-order valence-electron chi connectivity index (χ3n) is 6.99. The maximum Gasteiger partial charge on any atom is 0.407 e. The Labute approximate surface area is 242 Å². The zero-order chi connectivity index (χ0) is 28.8. The number of carboxylic acids is 1. The number of aryl methyl sites for hydroxylation is 1. The number of ether oxygens (including phenoxy) is 1. The highest BCUT2D eigenvalue weighted by Gasteiger charge is 2.30. The molecule has 2 amide bonds. The monoisotopic (exact) mass is 566 g/mol. The number of fused-ring (bicyclic) bond motifs is 3. The average molecular weight is 567 g/mol. The highest BCUT2D eigenvalue weighted by atomic mass is 32.2. The van der Waals surface area contributed by atoms with Crippen molar-refractivity contribution in [2.75, 3.05) is 11.9 Å². The van der Waals surface area contributed by atoms with Gasteiger partial charge in [0.2, 0.25) is 5.91 Å². The summed E-state index contributed by atoms with van der Waals surface area (Å²) in [6.45, 7) is 2.10. The Bertz CT molecular complexity index is 1520. The number of rotatable bonds is 10. The molecule has 0 unspecified atom stereocenters. The summed E-state index contributed by atoms with van der Waals surface area (Å²) in [6.07, 6.45) is -1.15. The number of hydrogen-bond donors (Lipinski definition) is 3. The van der Waals surface area contributed by atoms with E-state index in [4.69, 9.17) is 4.74 Å². The van der Waals surface area contributed by atoms with Crippen molar-refractivity contribution >= 4 is 35.4 Å². The van der Waals surface area contributed by atoms with Gasteiger partial charge >= 0.3 is 12.1 Å². The van der Waals surface area contributed by atoms with Crippen molar-refractivity contribution in [3.8, 4) is 11.1 Å². The summed E-state index contributed by atoms with van der Waals surface area (Å²) in [6, 6.07) is 30.3. The SMILES string of the molecule is Cc1ccc(Sc2ccccc2NC(=O)[C@H](CCC(=O)O)NC(=O)OCC2c3ccccc3-c3ccccc32)cc1. The molecule has 3 N–H and O–H groups in total. The summed E-state index contributed by atoms with van der Waals surface area (Å²) >= 11 is 1.50. The number of carboxylic acid groups (broad SMARTS) is 1. The molecule has 4 aromatic carbocycles. The number of nitrogens with one attached hydrogen (secondary N) is 2. The van der Waals surface area contributed by atoms with Gasteiger partial charge in [-0.3, -0.25) is 9.59 Å². The lowest BCUT2D eigenvalue weighted by Crippen LogP contribution is -2.44. The van der Waals surface area contributed by atoms with Gasteiger partial charge in [0.05, 0.1) is 5.69 Å². The molecule has 5 rings (SSSR count). The van der Waals surface area contributed by atoms with Gasteiger partial charge in [0.25, 0.3) is 0 Å². The van der Waals surface area contributed by atoms with Gasteiger partial charge in [-0.1, -0.05) is 90.1 Å². The first kappa shape index (κ1) is 28.0. The maximum atomic E-state index is 13.3. The van der Waals surface area contributed by atoms with Crippen LogP contribution in [-0.4, -0.2) is 35.7 Å². The van der Waals surface area contributed by atoms with E-state index in [1.807, 2.05) is 79.7 Å². The predicted molar refractivity (Wildman–Crippen MR) is 159 cm³/mol. The van der Waals surface area contributed by atoms with Crippen molar-refractivity contribution in [1.29, 1.82) is 0 Å². The minimum Gasteiger partial charge on any atom is -0.481 e. The molecule has 0 bridgehead atoms. The van der Waals surface area contributed by atoms with Crippen molar-refractivity contribution in [2.24, 2.45) is 0 Å². The zero-order valence-electron chi connectivity index (χ0n) is 22.5. The van der Waals surface area contributed by atoms with Crippen LogP contribution in [0.25, 0.3) is 11.1 Å². The Morgan fingerprint density at radius 3 is 2.12 bits per heavy atom. The third kappa shape index (κ3) is 6.78. The minimum absolute atomic E-state index is 0.0847. The molecule has 0 aliphatic heterocycles. The van der Waals surface area contributed by atoms with Crippen LogP contribution in [0.4, 0.5) is 10.5 Å². The second-order valence-corrected chi connectivity index (χ2v) is 11.0. The molecule has 8 heteroatoms. The smallest absolute Gasteiger partial charge is 0.407 e. The van der Waals surface area contributed by atoms with Gasteiger partial charge in [-0.25, -0.2) is 4.79 Å². The van der Waals surface area contributed by atoms with E-state index in [0.29, 0.717) is 5.69 Å². The predicted octanol–water partition coefficient (Wildman–Crippen LogP) is 6.86. The van der Waals surface area contributed by atoms with Crippen LogP contribution in [0.3, 0.4) is 0 Å². The average Bonchev–Trinajstić information content (AvgIpc) is 3.29. The van der Waals surface area contributed by atoms with E-state index in [9.17, 15) is 19.5 Å². The lowest BCUT2D eigenvalue weighted by molar-refractivity contribution is -0.137. The zero-order valence-corrected chi connectivity index (χ0v) is 23.3. The molecule has 41 heavy (non-hydrogen) atoms. The van der Waals surface area contributed by atoms with E-state index in [2.05, 4.69) is 22.8 Å². The number of carbonyl (C=O) groups is 3. The molecule has 0 saturated carbocycles. The Morgan fingerprint density at radius 1 is 0.854 bits per heavy atom. The van der Waals surface area contributed by atoms with Crippen molar-refractivity contribution in [3.63, 3.8) is 0 Å². The van der Waals surface area contributed by atoms with Crippen molar-refractivity contribution in [1.82, 2.24) is 5.32 Å². The number of amides is 2. The molecular formula is C33H30N2O5S. The van der Waals surface area contributed by atoms with Crippen LogP contribution in [-0.2, 0) is 14.3 Å². The molecule has 1 aliphatic rings. The molecule has 0 radical (unpaired) electrons. The molecule has 4 aromatic rings. The van der Waals surface area contributed by atoms with E-state index in [0.717, 1.165) is 37.6 Å². The van der Waals surface area contributed by atoms with Gasteiger partial charge in [-0.2, -0.15) is 0 Å². The first-order valence-corrected chi connectivity index (χ1v) is 14.2. The molecule has 0 aromatic heterocycles. The van der Waals surface area contributed by atoms with Gasteiger partial charge in [-0.15, -0.1) is 0 Å². The number of alkyl carbamates (subject to hydrolysis) is 1. The summed E-state index contributed by atoms with van der Waals surface area (Å²) in [5.74, 6) is -1.71. The summed E-state index contributed by atoms with van der Waals surface area (Å²) in [5.41, 5.74) is 6.08. The Kier molecular flexibility index (Phi) is 8.70. The van der Waals surface area contributed by atoms with Crippen LogP contribution >= 0.6 is 11.8 Å². The molecule has 0 heterocycles. The molecule has 7 nitrogen and oxygen atoms in total. The van der Waals surface area contributed by atoms with Gasteiger partial charge in [0, 0.05) is 22.1 Å². The summed E-state index contributed by atoms with van der Waals surface area (Å²) in [7, 11) is 0. The lowest BCUT2D eigenvalue weighted by atomic mass is 9.98. The summed E-state index contributed by atoms with van der Waals surface area (Å²) < 4.78 is 5.61. The Morgan fingerprint density at radius 2 is 1.46 bits per heavy atom. The van der Waals surface area contributed by atoms with Crippen LogP contribution in [0.15, 0.2) is 107 Å². The number of anilines is 1. The quantitative estimate of drug-likeness (QED) is 0.194. The second kappa shape index (κ2) is 12.7. The molecule has 0 saturated heterocycles. The fourth-order valence-corrected chi connectivity index (χ4v) is 5.83. The number of para-hydroxylation sites is 1. The highest BCUT2D eigenvalue weighted by Crippen LogP contribution is 2.44. The Balaban J connectivity index is 1.26. The van der Waals surface area contributed by atoms with E-state index >= 15 is 0 Å². The van der Waals surface area contributed by atoms with E-state index < -0.39 is 24.0 Å². The van der Waals surface area contributed by atoms with Crippen LogP contribution in [0, 0.1) is 6.92 Å². The number of aliphatic carboxylic acids is 1.